The Bertz CT molecular complexity index is 615. The zero-order valence-corrected chi connectivity index (χ0v) is 21.6. The first kappa shape index (κ1) is 27.9. The van der Waals surface area contributed by atoms with E-state index in [-0.39, 0.29) is 29.4 Å². The summed E-state index contributed by atoms with van der Waals surface area (Å²) in [5, 5.41) is 19.3. The monoisotopic (exact) mass is 450 g/mol. The minimum absolute atomic E-state index is 0.130. The predicted octanol–water partition coefficient (Wildman–Crippen LogP) is 6.88. The van der Waals surface area contributed by atoms with E-state index < -0.39 is 20.4 Å². The third kappa shape index (κ3) is 10.3. The molecule has 31 heavy (non-hydrogen) atoms. The second-order valence-electron chi connectivity index (χ2n) is 10.4. The number of hydrogen-bond donors (Lipinski definition) is 2. The number of aliphatic carboxylic acids is 1. The maximum atomic E-state index is 10.6. The molecular formula is C26H46O4Si. The lowest BCUT2D eigenvalue weighted by molar-refractivity contribution is -0.137. The molecule has 0 fully saturated rings. The van der Waals surface area contributed by atoms with Crippen molar-refractivity contribution in [1.82, 2.24) is 0 Å². The summed E-state index contributed by atoms with van der Waals surface area (Å²) in [5.41, 5.74) is 0. The number of unbranched alkanes of at least 4 members (excludes halogenated alkanes) is 3. The topological polar surface area (TPSA) is 66.8 Å². The molecule has 1 aliphatic rings. The van der Waals surface area contributed by atoms with Gasteiger partial charge in [-0.1, -0.05) is 83.4 Å². The molecular weight excluding hydrogens is 404 g/mol. The second kappa shape index (κ2) is 13.4. The fourth-order valence-electron chi connectivity index (χ4n) is 3.60. The van der Waals surface area contributed by atoms with Crippen molar-refractivity contribution >= 4 is 14.3 Å². The lowest BCUT2D eigenvalue weighted by atomic mass is 9.89. The van der Waals surface area contributed by atoms with Crippen LogP contribution in [0, 0.1) is 11.8 Å². The molecule has 0 aromatic carbocycles. The van der Waals surface area contributed by atoms with Crippen LogP contribution < -0.4 is 0 Å². The summed E-state index contributed by atoms with van der Waals surface area (Å²) in [6.07, 6.45) is 19.4. The molecule has 178 valence electrons. The van der Waals surface area contributed by atoms with Crippen LogP contribution in [-0.2, 0) is 9.22 Å². The van der Waals surface area contributed by atoms with Crippen LogP contribution in [0.4, 0.5) is 0 Å². The fourth-order valence-corrected chi connectivity index (χ4v) is 4.91. The van der Waals surface area contributed by atoms with Crippen LogP contribution in [-0.4, -0.2) is 36.7 Å². The zero-order chi connectivity index (χ0) is 23.5. The third-order valence-electron chi connectivity index (χ3n) is 6.69. The number of hydrogen-bond acceptors (Lipinski definition) is 3. The van der Waals surface area contributed by atoms with Crippen molar-refractivity contribution in [3.63, 3.8) is 0 Å². The smallest absolute Gasteiger partial charge is 0.303 e. The Hall–Kier alpha value is -1.17. The molecule has 0 amide bonds. The lowest BCUT2D eigenvalue weighted by Gasteiger charge is -2.38. The molecule has 0 spiro atoms. The number of carbonyl (C=O) groups is 1. The number of aliphatic hydroxyl groups excluding tert-OH is 1. The molecule has 4 atom stereocenters. The van der Waals surface area contributed by atoms with Crippen LogP contribution in [0.3, 0.4) is 0 Å². The molecule has 0 heterocycles. The first-order valence-corrected chi connectivity index (χ1v) is 15.0. The number of allylic oxidation sites excluding steroid dienone is 4. The van der Waals surface area contributed by atoms with Gasteiger partial charge in [-0.2, -0.15) is 0 Å². The largest absolute Gasteiger partial charge is 0.481 e. The molecule has 0 saturated heterocycles. The quantitative estimate of drug-likeness (QED) is 0.172. The van der Waals surface area contributed by atoms with E-state index >= 15 is 0 Å². The molecule has 0 radical (unpaired) electrons. The lowest BCUT2D eigenvalue weighted by Crippen LogP contribution is -2.43. The van der Waals surface area contributed by atoms with Gasteiger partial charge < -0.3 is 14.6 Å². The van der Waals surface area contributed by atoms with Gasteiger partial charge in [0.15, 0.2) is 8.32 Å². The standard InChI is InChI=1S/C26H46O4Si/c1-7-8-11-14-22(30-31(5,6)26(2,3)4)19-17-21-18-20-24(27)23(21)15-12-9-10-13-16-25(28)29/h9,12,17-24,27H,7-8,10-11,13-16H2,1-6H3,(H,28,29)/b12-9-,19-17+/t21-,22?,23-,24?/m1/s1. The Kier molecular flexibility index (Phi) is 12.0. The maximum Gasteiger partial charge on any atom is 0.303 e. The Morgan fingerprint density at radius 3 is 2.48 bits per heavy atom. The first-order valence-electron chi connectivity index (χ1n) is 12.1. The number of aliphatic hydroxyl groups is 1. The summed E-state index contributed by atoms with van der Waals surface area (Å²) in [4.78, 5) is 10.6. The molecule has 5 heteroatoms. The highest BCUT2D eigenvalue weighted by Crippen LogP contribution is 2.38. The van der Waals surface area contributed by atoms with E-state index in [1.165, 1.54) is 19.3 Å². The zero-order valence-electron chi connectivity index (χ0n) is 20.6. The van der Waals surface area contributed by atoms with Crippen molar-refractivity contribution in [1.29, 1.82) is 0 Å². The normalized spacial score (nSPS) is 23.3. The minimum Gasteiger partial charge on any atom is -0.481 e. The highest BCUT2D eigenvalue weighted by molar-refractivity contribution is 6.74. The van der Waals surface area contributed by atoms with E-state index in [4.69, 9.17) is 9.53 Å². The van der Waals surface area contributed by atoms with Gasteiger partial charge in [0.2, 0.25) is 0 Å². The van der Waals surface area contributed by atoms with Gasteiger partial charge in [-0.05, 0) is 43.8 Å². The van der Waals surface area contributed by atoms with Crippen molar-refractivity contribution in [2.75, 3.05) is 0 Å². The molecule has 0 saturated carbocycles. The van der Waals surface area contributed by atoms with Gasteiger partial charge in [0.05, 0.1) is 12.2 Å². The average Bonchev–Trinajstić information content (AvgIpc) is 3.01. The Labute approximate surface area is 191 Å². The van der Waals surface area contributed by atoms with Crippen molar-refractivity contribution < 1.29 is 19.4 Å². The Balaban J connectivity index is 2.74. The van der Waals surface area contributed by atoms with Gasteiger partial charge in [0, 0.05) is 18.3 Å². The van der Waals surface area contributed by atoms with Crippen LogP contribution in [0.2, 0.25) is 18.1 Å². The highest BCUT2D eigenvalue weighted by Gasteiger charge is 2.38. The predicted molar refractivity (Wildman–Crippen MR) is 133 cm³/mol. The first-order chi connectivity index (χ1) is 14.5. The summed E-state index contributed by atoms with van der Waals surface area (Å²) < 4.78 is 6.72. The molecule has 1 rings (SSSR count). The summed E-state index contributed by atoms with van der Waals surface area (Å²) in [5.74, 6) is -0.408. The molecule has 4 nitrogen and oxygen atoms in total. The SMILES string of the molecule is CCCCCC(/C=C/[C@@H]1C=CC(O)[C@@H]1C/C=C\CCCC(=O)O)O[Si](C)(C)C(C)(C)C. The summed E-state index contributed by atoms with van der Waals surface area (Å²) in [6.45, 7) is 13.7. The van der Waals surface area contributed by atoms with Crippen molar-refractivity contribution in [2.45, 2.75) is 109 Å². The van der Waals surface area contributed by atoms with E-state index in [1.54, 1.807) is 0 Å². The molecule has 0 aromatic rings. The summed E-state index contributed by atoms with van der Waals surface area (Å²) in [6, 6.07) is 0. The van der Waals surface area contributed by atoms with Gasteiger partial charge in [0.1, 0.15) is 0 Å². The van der Waals surface area contributed by atoms with Gasteiger partial charge in [-0.3, -0.25) is 4.79 Å². The molecule has 1 aliphatic carbocycles. The maximum absolute atomic E-state index is 10.6. The van der Waals surface area contributed by atoms with Crippen LogP contribution in [0.25, 0.3) is 0 Å². The van der Waals surface area contributed by atoms with Gasteiger partial charge in [0.25, 0.3) is 0 Å². The average molecular weight is 451 g/mol. The van der Waals surface area contributed by atoms with Crippen molar-refractivity contribution in [3.05, 3.63) is 36.5 Å². The Morgan fingerprint density at radius 2 is 1.87 bits per heavy atom. The van der Waals surface area contributed by atoms with E-state index in [9.17, 15) is 9.90 Å². The van der Waals surface area contributed by atoms with Crippen LogP contribution in [0.15, 0.2) is 36.5 Å². The van der Waals surface area contributed by atoms with Crippen molar-refractivity contribution in [3.8, 4) is 0 Å². The highest BCUT2D eigenvalue weighted by atomic mass is 28.4. The minimum atomic E-state index is -1.85. The third-order valence-corrected chi connectivity index (χ3v) is 11.2. The number of rotatable bonds is 14. The molecule has 2 unspecified atom stereocenters. The van der Waals surface area contributed by atoms with Gasteiger partial charge in [-0.25, -0.2) is 0 Å². The molecule has 0 aliphatic heterocycles. The van der Waals surface area contributed by atoms with Gasteiger partial charge >= 0.3 is 5.97 Å². The van der Waals surface area contributed by atoms with Crippen LogP contribution >= 0.6 is 0 Å². The fraction of sp³-hybridized carbons (Fsp3) is 0.731. The summed E-state index contributed by atoms with van der Waals surface area (Å²) in [7, 11) is -1.85. The second-order valence-corrected chi connectivity index (χ2v) is 15.2. The molecule has 2 N–H and O–H groups in total. The van der Waals surface area contributed by atoms with E-state index in [1.807, 2.05) is 12.2 Å². The molecule has 0 bridgehead atoms. The number of carboxylic acids is 1. The molecule has 0 aromatic heterocycles. The van der Waals surface area contributed by atoms with E-state index in [0.29, 0.717) is 6.42 Å². The van der Waals surface area contributed by atoms with Crippen LogP contribution in [0.5, 0.6) is 0 Å². The van der Waals surface area contributed by atoms with Crippen LogP contribution in [0.1, 0.15) is 79.1 Å². The Morgan fingerprint density at radius 1 is 1.16 bits per heavy atom. The van der Waals surface area contributed by atoms with Gasteiger partial charge in [-0.15, -0.1) is 0 Å². The number of carboxylic acid groups (broad SMARTS) is 1. The van der Waals surface area contributed by atoms with E-state index in [0.717, 1.165) is 19.3 Å². The van der Waals surface area contributed by atoms with E-state index in [2.05, 4.69) is 65.1 Å². The van der Waals surface area contributed by atoms with Crippen molar-refractivity contribution in [2.24, 2.45) is 11.8 Å². The summed E-state index contributed by atoms with van der Waals surface area (Å²) >= 11 is 0.